The van der Waals surface area contributed by atoms with E-state index in [0.29, 0.717) is 12.5 Å². The first kappa shape index (κ1) is 21.8. The second-order valence-corrected chi connectivity index (χ2v) is 8.53. The van der Waals surface area contributed by atoms with Gasteiger partial charge in [0.1, 0.15) is 5.75 Å². The molecule has 1 atom stereocenters. The molecule has 2 aromatic rings. The highest BCUT2D eigenvalue weighted by Crippen LogP contribution is 2.31. The molecule has 0 bridgehead atoms. The molecule has 2 aliphatic rings. The SMILES string of the molecule is COc1ccccc1C(CNC(=O)c1nc(N2CCCC2)ncc1Cl)N1CCCCC1. The zero-order chi connectivity index (χ0) is 21.6. The summed E-state index contributed by atoms with van der Waals surface area (Å²) in [4.78, 5) is 26.4. The second kappa shape index (κ2) is 10.3. The fraction of sp³-hybridized carbons (Fsp3) is 0.522. The van der Waals surface area contributed by atoms with Crippen molar-refractivity contribution in [1.29, 1.82) is 0 Å². The van der Waals surface area contributed by atoms with Gasteiger partial charge in [0.25, 0.3) is 5.91 Å². The zero-order valence-electron chi connectivity index (χ0n) is 18.0. The number of piperidine rings is 1. The molecule has 0 aliphatic carbocycles. The molecule has 166 valence electrons. The smallest absolute Gasteiger partial charge is 0.271 e. The molecule has 8 heteroatoms. The Bertz CT molecular complexity index is 897. The van der Waals surface area contributed by atoms with Crippen molar-refractivity contribution in [3.05, 3.63) is 46.7 Å². The van der Waals surface area contributed by atoms with Gasteiger partial charge in [-0.1, -0.05) is 36.2 Å². The highest BCUT2D eigenvalue weighted by molar-refractivity contribution is 6.33. The van der Waals surface area contributed by atoms with E-state index in [1.807, 2.05) is 18.2 Å². The number of nitrogens with one attached hydrogen (secondary N) is 1. The summed E-state index contributed by atoms with van der Waals surface area (Å²) in [5.74, 6) is 1.14. The normalized spacial score (nSPS) is 18.1. The maximum Gasteiger partial charge on any atom is 0.271 e. The minimum atomic E-state index is -0.273. The van der Waals surface area contributed by atoms with Gasteiger partial charge in [-0.15, -0.1) is 0 Å². The Morgan fingerprint density at radius 3 is 2.58 bits per heavy atom. The number of carbonyl (C=O) groups excluding carboxylic acids is 1. The van der Waals surface area contributed by atoms with Crippen molar-refractivity contribution in [3.63, 3.8) is 0 Å². The zero-order valence-corrected chi connectivity index (χ0v) is 18.8. The first-order chi connectivity index (χ1) is 15.2. The van der Waals surface area contributed by atoms with E-state index in [1.54, 1.807) is 7.11 Å². The average Bonchev–Trinajstić information content (AvgIpc) is 3.35. The molecule has 0 radical (unpaired) electrons. The molecule has 0 saturated carbocycles. The minimum absolute atomic E-state index is 0.0269. The molecular weight excluding hydrogens is 414 g/mol. The number of rotatable bonds is 7. The van der Waals surface area contributed by atoms with Crippen LogP contribution in [0, 0.1) is 0 Å². The summed E-state index contributed by atoms with van der Waals surface area (Å²) in [7, 11) is 1.69. The van der Waals surface area contributed by atoms with E-state index >= 15 is 0 Å². The van der Waals surface area contributed by atoms with Gasteiger partial charge in [0.2, 0.25) is 5.95 Å². The van der Waals surface area contributed by atoms with Gasteiger partial charge in [0, 0.05) is 25.2 Å². The van der Waals surface area contributed by atoms with E-state index in [2.05, 4.69) is 31.2 Å². The number of hydrogen-bond acceptors (Lipinski definition) is 6. The first-order valence-corrected chi connectivity index (χ1v) is 11.5. The van der Waals surface area contributed by atoms with Crippen molar-refractivity contribution >= 4 is 23.5 Å². The van der Waals surface area contributed by atoms with E-state index < -0.39 is 0 Å². The van der Waals surface area contributed by atoms with E-state index in [9.17, 15) is 4.79 Å². The first-order valence-electron chi connectivity index (χ1n) is 11.1. The third-order valence-corrected chi connectivity index (χ3v) is 6.40. The third kappa shape index (κ3) is 5.10. The summed E-state index contributed by atoms with van der Waals surface area (Å²) in [5, 5.41) is 3.35. The monoisotopic (exact) mass is 443 g/mol. The van der Waals surface area contributed by atoms with Gasteiger partial charge in [-0.25, -0.2) is 9.97 Å². The summed E-state index contributed by atoms with van der Waals surface area (Å²) in [5.41, 5.74) is 1.31. The second-order valence-electron chi connectivity index (χ2n) is 8.13. The Balaban J connectivity index is 1.52. The number of aromatic nitrogens is 2. The van der Waals surface area contributed by atoms with Crippen LogP contribution in [0.25, 0.3) is 0 Å². The fourth-order valence-corrected chi connectivity index (χ4v) is 4.64. The molecule has 1 aromatic heterocycles. The predicted octanol–water partition coefficient (Wildman–Crippen LogP) is 3.70. The van der Waals surface area contributed by atoms with Crippen LogP contribution >= 0.6 is 11.6 Å². The molecular formula is C23H30ClN5O2. The lowest BCUT2D eigenvalue weighted by atomic mass is 10.0. The molecule has 31 heavy (non-hydrogen) atoms. The van der Waals surface area contributed by atoms with Crippen LogP contribution in [0.1, 0.15) is 54.2 Å². The molecule has 2 aliphatic heterocycles. The predicted molar refractivity (Wildman–Crippen MR) is 122 cm³/mol. The molecule has 1 unspecified atom stereocenters. The van der Waals surface area contributed by atoms with Crippen LogP contribution in [-0.4, -0.2) is 60.6 Å². The van der Waals surface area contributed by atoms with Crippen molar-refractivity contribution < 1.29 is 9.53 Å². The van der Waals surface area contributed by atoms with Crippen LogP contribution in [0.5, 0.6) is 5.75 Å². The minimum Gasteiger partial charge on any atom is -0.496 e. The molecule has 2 fully saturated rings. The lowest BCUT2D eigenvalue weighted by Gasteiger charge is -2.35. The number of anilines is 1. The van der Waals surface area contributed by atoms with Crippen LogP contribution in [-0.2, 0) is 0 Å². The van der Waals surface area contributed by atoms with Crippen LogP contribution in [0.4, 0.5) is 5.95 Å². The van der Waals surface area contributed by atoms with Crippen molar-refractivity contribution in [2.45, 2.75) is 38.1 Å². The molecule has 2 saturated heterocycles. The summed E-state index contributed by atoms with van der Waals surface area (Å²) in [6, 6.07) is 8.05. The Hall–Kier alpha value is -2.38. The highest BCUT2D eigenvalue weighted by atomic mass is 35.5. The lowest BCUT2D eigenvalue weighted by molar-refractivity contribution is 0.0918. The van der Waals surface area contributed by atoms with Gasteiger partial charge in [-0.05, 0) is 44.8 Å². The molecule has 4 rings (SSSR count). The summed E-state index contributed by atoms with van der Waals surface area (Å²) in [6.07, 6.45) is 7.33. The Morgan fingerprint density at radius 2 is 1.84 bits per heavy atom. The molecule has 1 amide bonds. The van der Waals surface area contributed by atoms with Crippen LogP contribution < -0.4 is 15.0 Å². The molecule has 3 heterocycles. The van der Waals surface area contributed by atoms with E-state index in [1.165, 1.54) is 12.6 Å². The summed E-state index contributed by atoms with van der Waals surface area (Å²) >= 11 is 6.29. The Labute approximate surface area is 188 Å². The number of amides is 1. The van der Waals surface area contributed by atoms with Gasteiger partial charge in [-0.2, -0.15) is 0 Å². The highest BCUT2D eigenvalue weighted by Gasteiger charge is 2.26. The number of likely N-dealkylation sites (tertiary alicyclic amines) is 1. The molecule has 7 nitrogen and oxygen atoms in total. The topological polar surface area (TPSA) is 70.6 Å². The van der Waals surface area contributed by atoms with Crippen molar-refractivity contribution in [2.24, 2.45) is 0 Å². The molecule has 1 aromatic carbocycles. The number of hydrogen-bond donors (Lipinski definition) is 1. The van der Waals surface area contributed by atoms with Crippen LogP contribution in [0.3, 0.4) is 0 Å². The van der Waals surface area contributed by atoms with Gasteiger partial charge < -0.3 is 15.0 Å². The third-order valence-electron chi connectivity index (χ3n) is 6.12. The number of methoxy groups -OCH3 is 1. The van der Waals surface area contributed by atoms with Crippen molar-refractivity contribution in [1.82, 2.24) is 20.2 Å². The molecule has 1 N–H and O–H groups in total. The maximum absolute atomic E-state index is 13.1. The van der Waals surface area contributed by atoms with E-state index in [-0.39, 0.29) is 22.7 Å². The van der Waals surface area contributed by atoms with Gasteiger partial charge >= 0.3 is 0 Å². The fourth-order valence-electron chi connectivity index (χ4n) is 4.47. The lowest BCUT2D eigenvalue weighted by Crippen LogP contribution is -2.41. The number of ether oxygens (including phenoxy) is 1. The summed E-state index contributed by atoms with van der Waals surface area (Å²) in [6.45, 7) is 4.29. The van der Waals surface area contributed by atoms with Gasteiger partial charge in [0.05, 0.1) is 24.4 Å². The number of benzene rings is 1. The number of para-hydroxylation sites is 1. The van der Waals surface area contributed by atoms with Crippen molar-refractivity contribution in [2.75, 3.05) is 44.7 Å². The Morgan fingerprint density at radius 1 is 1.13 bits per heavy atom. The van der Waals surface area contributed by atoms with Gasteiger partial charge in [-0.3, -0.25) is 9.69 Å². The standard InChI is InChI=1S/C23H30ClN5O2/c1-31-20-10-4-3-9-17(20)19(28-11-5-2-6-12-28)16-25-22(30)21-18(24)15-26-23(27-21)29-13-7-8-14-29/h3-4,9-10,15,19H,2,5-8,11-14,16H2,1H3,(H,25,30). The van der Waals surface area contributed by atoms with Crippen LogP contribution in [0.2, 0.25) is 5.02 Å². The molecule has 0 spiro atoms. The number of carbonyl (C=O) groups is 1. The number of nitrogens with zero attached hydrogens (tertiary/aromatic N) is 4. The number of halogens is 1. The van der Waals surface area contributed by atoms with Crippen molar-refractivity contribution in [3.8, 4) is 5.75 Å². The largest absolute Gasteiger partial charge is 0.496 e. The van der Waals surface area contributed by atoms with Gasteiger partial charge in [0.15, 0.2) is 5.69 Å². The Kier molecular flexibility index (Phi) is 7.25. The maximum atomic E-state index is 13.1. The summed E-state index contributed by atoms with van der Waals surface area (Å²) < 4.78 is 5.61. The van der Waals surface area contributed by atoms with Crippen LogP contribution in [0.15, 0.2) is 30.5 Å². The van der Waals surface area contributed by atoms with E-state index in [0.717, 1.165) is 63.2 Å². The quantitative estimate of drug-likeness (QED) is 0.703. The average molecular weight is 444 g/mol. The van der Waals surface area contributed by atoms with E-state index in [4.69, 9.17) is 16.3 Å².